The highest BCUT2D eigenvalue weighted by molar-refractivity contribution is 6.30. The van der Waals surface area contributed by atoms with Crippen LogP contribution < -0.4 is 0 Å². The van der Waals surface area contributed by atoms with Gasteiger partial charge in [0, 0.05) is 22.1 Å². The van der Waals surface area contributed by atoms with E-state index in [-0.39, 0.29) is 17.0 Å². The number of halogens is 2. The van der Waals surface area contributed by atoms with E-state index in [9.17, 15) is 14.3 Å². The number of tetrazole rings is 1. The molecule has 0 amide bonds. The SMILES string of the molecule is C=C(/C=C\C(=C/C)c1cc(Cl)ccc1-n1cnnn1)C(CC1CC1)c1ncc(-c2cccc(C(=O)O)c2F)[nH]1. The van der Waals surface area contributed by atoms with Crippen LogP contribution in [0.5, 0.6) is 0 Å². The number of nitrogens with one attached hydrogen (secondary N) is 1. The van der Waals surface area contributed by atoms with Crippen molar-refractivity contribution >= 4 is 23.1 Å². The van der Waals surface area contributed by atoms with Crippen LogP contribution in [0.15, 0.2) is 79.3 Å². The molecule has 10 heteroatoms. The number of carboxylic acid groups (broad SMARTS) is 1. The number of aromatic nitrogens is 6. The fourth-order valence-electron chi connectivity index (χ4n) is 4.55. The zero-order valence-electron chi connectivity index (χ0n) is 21.2. The molecule has 0 saturated heterocycles. The molecule has 5 rings (SSSR count). The number of aromatic carboxylic acids is 1. The monoisotopic (exact) mass is 544 g/mol. The van der Waals surface area contributed by atoms with Crippen LogP contribution in [0.2, 0.25) is 5.02 Å². The molecule has 2 aromatic carbocycles. The minimum absolute atomic E-state index is 0.121. The van der Waals surface area contributed by atoms with E-state index in [1.165, 1.54) is 30.7 Å². The zero-order valence-corrected chi connectivity index (χ0v) is 21.9. The van der Waals surface area contributed by atoms with Crippen molar-refractivity contribution in [3.05, 3.63) is 107 Å². The van der Waals surface area contributed by atoms with E-state index < -0.39 is 11.8 Å². The first-order chi connectivity index (χ1) is 18.9. The topological polar surface area (TPSA) is 110 Å². The third-order valence-corrected chi connectivity index (χ3v) is 7.05. The van der Waals surface area contributed by atoms with Crippen LogP contribution in [0.4, 0.5) is 4.39 Å². The van der Waals surface area contributed by atoms with Crippen molar-refractivity contribution < 1.29 is 14.3 Å². The van der Waals surface area contributed by atoms with Gasteiger partial charge in [-0.15, -0.1) is 5.10 Å². The van der Waals surface area contributed by atoms with Gasteiger partial charge < -0.3 is 10.1 Å². The number of aromatic amines is 1. The number of carbonyl (C=O) groups is 1. The van der Waals surface area contributed by atoms with Crippen molar-refractivity contribution in [2.75, 3.05) is 0 Å². The van der Waals surface area contributed by atoms with Crippen LogP contribution in [0.1, 0.15) is 53.8 Å². The van der Waals surface area contributed by atoms with Gasteiger partial charge in [-0.2, -0.15) is 4.68 Å². The highest BCUT2D eigenvalue weighted by atomic mass is 35.5. The average Bonchev–Trinajstić information content (AvgIpc) is 3.35. The fraction of sp³-hybridized carbons (Fsp3) is 0.207. The van der Waals surface area contributed by atoms with Crippen LogP contribution >= 0.6 is 11.6 Å². The smallest absolute Gasteiger partial charge is 0.338 e. The Kier molecular flexibility index (Phi) is 7.51. The van der Waals surface area contributed by atoms with E-state index in [0.29, 0.717) is 22.5 Å². The van der Waals surface area contributed by atoms with E-state index >= 15 is 0 Å². The third kappa shape index (κ3) is 5.73. The summed E-state index contributed by atoms with van der Waals surface area (Å²) in [5.74, 6) is -1.01. The Bertz CT molecular complexity index is 1590. The molecule has 8 nitrogen and oxygen atoms in total. The van der Waals surface area contributed by atoms with Crippen LogP contribution in [0, 0.1) is 11.7 Å². The second-order valence-corrected chi connectivity index (χ2v) is 9.89. The Hall–Kier alpha value is -4.37. The van der Waals surface area contributed by atoms with Gasteiger partial charge in [-0.3, -0.25) is 0 Å². The average molecular weight is 545 g/mol. The van der Waals surface area contributed by atoms with E-state index in [1.807, 2.05) is 37.3 Å². The Balaban J connectivity index is 1.43. The molecule has 0 spiro atoms. The third-order valence-electron chi connectivity index (χ3n) is 6.81. The largest absolute Gasteiger partial charge is 0.478 e. The molecule has 39 heavy (non-hydrogen) atoms. The molecule has 0 radical (unpaired) electrons. The lowest BCUT2D eigenvalue weighted by Gasteiger charge is -2.16. The predicted octanol–water partition coefficient (Wildman–Crippen LogP) is 6.64. The molecule has 4 aromatic rings. The maximum absolute atomic E-state index is 14.9. The molecule has 1 atom stereocenters. The summed E-state index contributed by atoms with van der Waals surface area (Å²) in [6, 6.07) is 9.80. The number of allylic oxidation sites excluding steroid dienone is 5. The van der Waals surface area contributed by atoms with Crippen LogP contribution in [0.25, 0.3) is 22.5 Å². The van der Waals surface area contributed by atoms with Crippen molar-refractivity contribution in [2.24, 2.45) is 5.92 Å². The van der Waals surface area contributed by atoms with Gasteiger partial charge in [-0.25, -0.2) is 14.2 Å². The lowest BCUT2D eigenvalue weighted by Crippen LogP contribution is -2.05. The Morgan fingerprint density at radius 1 is 1.28 bits per heavy atom. The van der Waals surface area contributed by atoms with E-state index in [2.05, 4.69) is 32.1 Å². The van der Waals surface area contributed by atoms with E-state index in [0.717, 1.165) is 41.7 Å². The molecule has 2 N–H and O–H groups in total. The maximum Gasteiger partial charge on any atom is 0.338 e. The van der Waals surface area contributed by atoms with Gasteiger partial charge in [0.1, 0.15) is 18.0 Å². The van der Waals surface area contributed by atoms with Gasteiger partial charge in [0.05, 0.1) is 23.1 Å². The van der Waals surface area contributed by atoms with Crippen LogP contribution in [-0.2, 0) is 0 Å². The molecule has 0 bridgehead atoms. The molecular formula is C29H26ClFN6O2. The second-order valence-electron chi connectivity index (χ2n) is 9.45. The highest BCUT2D eigenvalue weighted by Gasteiger charge is 2.29. The first kappa shape index (κ1) is 26.2. The fourth-order valence-corrected chi connectivity index (χ4v) is 4.72. The number of hydrogen-bond donors (Lipinski definition) is 2. The molecule has 1 aliphatic rings. The summed E-state index contributed by atoms with van der Waals surface area (Å²) in [7, 11) is 0. The van der Waals surface area contributed by atoms with Crippen LogP contribution in [-0.4, -0.2) is 41.3 Å². The number of carboxylic acids is 1. The van der Waals surface area contributed by atoms with Crippen molar-refractivity contribution in [3.8, 4) is 16.9 Å². The number of H-pyrrole nitrogens is 1. The van der Waals surface area contributed by atoms with Crippen molar-refractivity contribution in [1.29, 1.82) is 0 Å². The van der Waals surface area contributed by atoms with E-state index in [4.69, 9.17) is 11.6 Å². The lowest BCUT2D eigenvalue weighted by atomic mass is 9.92. The summed E-state index contributed by atoms with van der Waals surface area (Å²) >= 11 is 6.33. The summed E-state index contributed by atoms with van der Waals surface area (Å²) < 4.78 is 16.5. The minimum Gasteiger partial charge on any atom is -0.478 e. The number of imidazole rings is 1. The molecule has 2 heterocycles. The summed E-state index contributed by atoms with van der Waals surface area (Å²) in [4.78, 5) is 19.2. The maximum atomic E-state index is 14.9. The minimum atomic E-state index is -1.32. The normalized spacial score (nSPS) is 14.6. The molecule has 1 aliphatic carbocycles. The summed E-state index contributed by atoms with van der Waals surface area (Å²) in [6.45, 7) is 6.29. The predicted molar refractivity (Wildman–Crippen MR) is 147 cm³/mol. The molecule has 198 valence electrons. The van der Waals surface area contributed by atoms with Crippen molar-refractivity contribution in [3.63, 3.8) is 0 Å². The van der Waals surface area contributed by atoms with E-state index in [1.54, 1.807) is 10.7 Å². The second kappa shape index (κ2) is 11.2. The van der Waals surface area contributed by atoms with Gasteiger partial charge in [0.15, 0.2) is 0 Å². The van der Waals surface area contributed by atoms with Crippen molar-refractivity contribution in [2.45, 2.75) is 32.1 Å². The molecule has 1 fully saturated rings. The summed E-state index contributed by atoms with van der Waals surface area (Å²) in [6.07, 6.45) is 12.1. The van der Waals surface area contributed by atoms with Crippen molar-refractivity contribution in [1.82, 2.24) is 30.2 Å². The first-order valence-corrected chi connectivity index (χ1v) is 12.9. The van der Waals surface area contributed by atoms with Gasteiger partial charge in [0.2, 0.25) is 0 Å². The van der Waals surface area contributed by atoms with Gasteiger partial charge in [0.25, 0.3) is 0 Å². The quantitative estimate of drug-likeness (QED) is 0.216. The number of rotatable bonds is 10. The highest BCUT2D eigenvalue weighted by Crippen LogP contribution is 2.41. The standard InChI is InChI=1S/C29H26ClFN6O2/c1-3-19(24-14-20(30)11-12-26(24)37-16-33-35-36-37)10-7-17(2)23(13-18-8-9-18)28-32-15-25(34-28)21-5-4-6-22(27(21)31)29(38)39/h3-7,10-12,14-16,18,23H,2,8-9,13H2,1H3,(H,32,34)(H,38,39)/b10-7-,19-3+. The molecule has 2 aromatic heterocycles. The molecule has 0 aliphatic heterocycles. The summed E-state index contributed by atoms with van der Waals surface area (Å²) in [5.41, 5.74) is 3.58. The Morgan fingerprint density at radius 3 is 2.79 bits per heavy atom. The number of benzene rings is 2. The lowest BCUT2D eigenvalue weighted by molar-refractivity contribution is 0.0692. The molecule has 1 saturated carbocycles. The number of nitrogens with zero attached hydrogens (tertiary/aromatic N) is 5. The van der Waals surface area contributed by atoms with Gasteiger partial charge in [-0.1, -0.05) is 55.3 Å². The summed E-state index contributed by atoms with van der Waals surface area (Å²) in [5, 5.41) is 21.4. The van der Waals surface area contributed by atoms with Crippen LogP contribution in [0.3, 0.4) is 0 Å². The van der Waals surface area contributed by atoms with Gasteiger partial charge in [-0.05, 0) is 71.2 Å². The Morgan fingerprint density at radius 2 is 2.10 bits per heavy atom. The zero-order chi connectivity index (χ0) is 27.5. The van der Waals surface area contributed by atoms with Gasteiger partial charge >= 0.3 is 5.97 Å². The Labute approximate surface area is 229 Å². The molecule has 1 unspecified atom stereocenters. The number of hydrogen-bond acceptors (Lipinski definition) is 5. The molecular weight excluding hydrogens is 519 g/mol. The first-order valence-electron chi connectivity index (χ1n) is 12.5.